The highest BCUT2D eigenvalue weighted by molar-refractivity contribution is 5.70. The number of nitrogens with two attached hydrogens (primary N) is 1. The molecular formula is C13H20N2O3. The molecule has 0 saturated carbocycles. The summed E-state index contributed by atoms with van der Waals surface area (Å²) in [5, 5.41) is 0. The molecule has 0 amide bonds. The minimum atomic E-state index is -0.264. The van der Waals surface area contributed by atoms with Crippen LogP contribution in [-0.4, -0.2) is 31.2 Å². The van der Waals surface area contributed by atoms with Gasteiger partial charge in [0.1, 0.15) is 0 Å². The molecule has 100 valence electrons. The minimum Gasteiger partial charge on any atom is -0.481 e. The van der Waals surface area contributed by atoms with E-state index in [1.165, 1.54) is 7.11 Å². The van der Waals surface area contributed by atoms with Crippen LogP contribution in [-0.2, 0) is 9.53 Å². The second-order valence-corrected chi connectivity index (χ2v) is 4.09. The summed E-state index contributed by atoms with van der Waals surface area (Å²) in [6.07, 6.45) is 2.75. The summed E-state index contributed by atoms with van der Waals surface area (Å²) >= 11 is 0. The Morgan fingerprint density at radius 3 is 2.61 bits per heavy atom. The fraction of sp³-hybridized carbons (Fsp3) is 0.538. The lowest BCUT2D eigenvalue weighted by Gasteiger charge is -2.22. The highest BCUT2D eigenvalue weighted by Crippen LogP contribution is 2.25. The Hall–Kier alpha value is -1.62. The van der Waals surface area contributed by atoms with Gasteiger partial charge in [0.2, 0.25) is 5.88 Å². The number of hydrogen-bond donors (Lipinski definition) is 1. The SMILES string of the molecule is CCC(N)C(CC(=O)OC)c1ccc(OC)nc1. The van der Waals surface area contributed by atoms with Crippen molar-refractivity contribution in [3.63, 3.8) is 0 Å². The molecule has 0 spiro atoms. The average Bonchev–Trinajstić information content (AvgIpc) is 2.43. The van der Waals surface area contributed by atoms with E-state index in [0.29, 0.717) is 5.88 Å². The van der Waals surface area contributed by atoms with E-state index in [9.17, 15) is 4.79 Å². The molecule has 2 N–H and O–H groups in total. The molecule has 1 rings (SSSR count). The number of nitrogens with zero attached hydrogens (tertiary/aromatic N) is 1. The van der Waals surface area contributed by atoms with Gasteiger partial charge in [0.05, 0.1) is 20.6 Å². The van der Waals surface area contributed by atoms with Crippen molar-refractivity contribution < 1.29 is 14.3 Å². The summed E-state index contributed by atoms with van der Waals surface area (Å²) in [6, 6.07) is 3.55. The summed E-state index contributed by atoms with van der Waals surface area (Å²) < 4.78 is 9.71. The lowest BCUT2D eigenvalue weighted by atomic mass is 9.88. The number of rotatable bonds is 6. The van der Waals surface area contributed by atoms with Crippen molar-refractivity contribution >= 4 is 5.97 Å². The standard InChI is InChI=1S/C13H20N2O3/c1-4-11(14)10(7-13(16)18-3)9-5-6-12(17-2)15-8-9/h5-6,8,10-11H,4,7,14H2,1-3H3. The highest BCUT2D eigenvalue weighted by Gasteiger charge is 2.22. The van der Waals surface area contributed by atoms with Crippen LogP contribution in [0.5, 0.6) is 5.88 Å². The van der Waals surface area contributed by atoms with Crippen LogP contribution in [0, 0.1) is 0 Å². The first-order valence-corrected chi connectivity index (χ1v) is 5.94. The van der Waals surface area contributed by atoms with Crippen LogP contribution in [0.25, 0.3) is 0 Å². The van der Waals surface area contributed by atoms with Crippen molar-refractivity contribution in [3.05, 3.63) is 23.9 Å². The molecule has 0 aliphatic carbocycles. The quantitative estimate of drug-likeness (QED) is 0.776. The fourth-order valence-electron chi connectivity index (χ4n) is 1.80. The Kier molecular flexibility index (Phi) is 5.58. The van der Waals surface area contributed by atoms with E-state index in [0.717, 1.165) is 12.0 Å². The van der Waals surface area contributed by atoms with Gasteiger partial charge in [-0.3, -0.25) is 4.79 Å². The van der Waals surface area contributed by atoms with Crippen LogP contribution in [0.15, 0.2) is 18.3 Å². The van der Waals surface area contributed by atoms with Gasteiger partial charge in [-0.1, -0.05) is 13.0 Å². The van der Waals surface area contributed by atoms with Crippen LogP contribution >= 0.6 is 0 Å². The monoisotopic (exact) mass is 252 g/mol. The molecule has 5 heteroatoms. The fourth-order valence-corrected chi connectivity index (χ4v) is 1.80. The second kappa shape index (κ2) is 6.96. The van der Waals surface area contributed by atoms with E-state index >= 15 is 0 Å². The Labute approximate surface area is 107 Å². The molecule has 0 aliphatic heterocycles. The predicted molar refractivity (Wildman–Crippen MR) is 68.4 cm³/mol. The zero-order chi connectivity index (χ0) is 13.5. The highest BCUT2D eigenvalue weighted by atomic mass is 16.5. The summed E-state index contributed by atoms with van der Waals surface area (Å²) in [5.74, 6) is 0.196. The van der Waals surface area contributed by atoms with Crippen molar-refractivity contribution in [2.24, 2.45) is 5.73 Å². The molecule has 18 heavy (non-hydrogen) atoms. The van der Waals surface area contributed by atoms with Crippen LogP contribution in [0.1, 0.15) is 31.2 Å². The molecule has 0 aromatic carbocycles. The topological polar surface area (TPSA) is 74.4 Å². The first kappa shape index (κ1) is 14.4. The smallest absolute Gasteiger partial charge is 0.306 e. The van der Waals surface area contributed by atoms with Gasteiger partial charge in [0, 0.05) is 24.2 Å². The Bertz CT molecular complexity index is 378. The third-order valence-corrected chi connectivity index (χ3v) is 3.00. The maximum absolute atomic E-state index is 11.4. The number of esters is 1. The van der Waals surface area contributed by atoms with Gasteiger partial charge in [-0.25, -0.2) is 4.98 Å². The van der Waals surface area contributed by atoms with Gasteiger partial charge in [-0.2, -0.15) is 0 Å². The predicted octanol–water partition coefficient (Wildman–Crippen LogP) is 1.47. The van der Waals surface area contributed by atoms with Gasteiger partial charge < -0.3 is 15.2 Å². The minimum absolute atomic E-state index is 0.0825. The molecular weight excluding hydrogens is 232 g/mol. The van der Waals surface area contributed by atoms with Crippen LogP contribution < -0.4 is 10.5 Å². The Morgan fingerprint density at radius 1 is 1.44 bits per heavy atom. The van der Waals surface area contributed by atoms with Crippen LogP contribution in [0.4, 0.5) is 0 Å². The normalized spacial score (nSPS) is 13.8. The molecule has 2 atom stereocenters. The maximum Gasteiger partial charge on any atom is 0.306 e. The largest absolute Gasteiger partial charge is 0.481 e. The number of methoxy groups -OCH3 is 2. The molecule has 1 heterocycles. The first-order chi connectivity index (χ1) is 8.62. The average molecular weight is 252 g/mol. The van der Waals surface area contributed by atoms with E-state index in [1.54, 1.807) is 19.4 Å². The number of ether oxygens (including phenoxy) is 2. The van der Waals surface area contributed by atoms with E-state index in [2.05, 4.69) is 4.98 Å². The molecule has 1 aromatic rings. The maximum atomic E-state index is 11.4. The van der Waals surface area contributed by atoms with E-state index < -0.39 is 0 Å². The molecule has 0 bridgehead atoms. The number of hydrogen-bond acceptors (Lipinski definition) is 5. The third-order valence-electron chi connectivity index (χ3n) is 3.00. The molecule has 2 unspecified atom stereocenters. The van der Waals surface area contributed by atoms with Crippen LogP contribution in [0.2, 0.25) is 0 Å². The number of carbonyl (C=O) groups is 1. The molecule has 0 fully saturated rings. The van der Waals surface area contributed by atoms with Gasteiger partial charge >= 0.3 is 5.97 Å². The zero-order valence-corrected chi connectivity index (χ0v) is 11.1. The van der Waals surface area contributed by atoms with Crippen molar-refractivity contribution in [2.75, 3.05) is 14.2 Å². The molecule has 0 saturated heterocycles. The Balaban J connectivity index is 2.90. The lowest BCUT2D eigenvalue weighted by molar-refractivity contribution is -0.141. The molecule has 1 aromatic heterocycles. The molecule has 0 radical (unpaired) electrons. The molecule has 5 nitrogen and oxygen atoms in total. The van der Waals surface area contributed by atoms with Crippen molar-refractivity contribution in [1.29, 1.82) is 0 Å². The Morgan fingerprint density at radius 2 is 2.17 bits per heavy atom. The summed E-state index contributed by atoms with van der Waals surface area (Å²) in [4.78, 5) is 15.6. The summed E-state index contributed by atoms with van der Waals surface area (Å²) in [7, 11) is 2.94. The van der Waals surface area contributed by atoms with Crippen molar-refractivity contribution in [2.45, 2.75) is 31.7 Å². The zero-order valence-electron chi connectivity index (χ0n) is 11.1. The van der Waals surface area contributed by atoms with Gasteiger partial charge in [-0.05, 0) is 12.0 Å². The van der Waals surface area contributed by atoms with Gasteiger partial charge in [0.15, 0.2) is 0 Å². The third kappa shape index (κ3) is 3.70. The first-order valence-electron chi connectivity index (χ1n) is 5.94. The van der Waals surface area contributed by atoms with Crippen LogP contribution in [0.3, 0.4) is 0 Å². The number of aromatic nitrogens is 1. The molecule has 0 aliphatic rings. The van der Waals surface area contributed by atoms with E-state index in [-0.39, 0.29) is 24.3 Å². The van der Waals surface area contributed by atoms with E-state index in [1.807, 2.05) is 13.0 Å². The number of pyridine rings is 1. The van der Waals surface area contributed by atoms with Gasteiger partial charge in [-0.15, -0.1) is 0 Å². The summed E-state index contributed by atoms with van der Waals surface area (Å²) in [6.45, 7) is 1.99. The lowest BCUT2D eigenvalue weighted by Crippen LogP contribution is -2.29. The van der Waals surface area contributed by atoms with Gasteiger partial charge in [0.25, 0.3) is 0 Å². The summed E-state index contributed by atoms with van der Waals surface area (Å²) in [5.41, 5.74) is 6.98. The van der Waals surface area contributed by atoms with E-state index in [4.69, 9.17) is 15.2 Å². The number of carbonyl (C=O) groups excluding carboxylic acids is 1. The van der Waals surface area contributed by atoms with Crippen molar-refractivity contribution in [3.8, 4) is 5.88 Å². The second-order valence-electron chi connectivity index (χ2n) is 4.09. The van der Waals surface area contributed by atoms with Crippen molar-refractivity contribution in [1.82, 2.24) is 4.98 Å².